The molecule has 1 aliphatic rings. The summed E-state index contributed by atoms with van der Waals surface area (Å²) in [5.74, 6) is -1.04. The smallest absolute Gasteiger partial charge is 0.244 e. The minimum atomic E-state index is -0.375. The number of likely N-dealkylation sites (N-methyl/N-ethyl adjacent to an activating group) is 1. The third-order valence-electron chi connectivity index (χ3n) is 4.97. The summed E-state index contributed by atoms with van der Waals surface area (Å²) in [6.07, 6.45) is 3.04. The van der Waals surface area contributed by atoms with Crippen LogP contribution in [0.25, 0.3) is 6.08 Å². The van der Waals surface area contributed by atoms with Gasteiger partial charge in [0.2, 0.25) is 17.7 Å². The maximum atomic E-state index is 12.3. The van der Waals surface area contributed by atoms with Gasteiger partial charge < -0.3 is 25.2 Å². The Morgan fingerprint density at radius 3 is 2.41 bits per heavy atom. The van der Waals surface area contributed by atoms with Crippen molar-refractivity contribution in [2.75, 3.05) is 56.7 Å². The van der Waals surface area contributed by atoms with Crippen molar-refractivity contribution in [1.29, 1.82) is 0 Å². The van der Waals surface area contributed by atoms with Crippen LogP contribution in [-0.2, 0) is 19.1 Å². The minimum absolute atomic E-state index is 0.111. The maximum absolute atomic E-state index is 12.3. The Labute approximate surface area is 187 Å². The zero-order valence-corrected chi connectivity index (χ0v) is 18.1. The lowest BCUT2D eigenvalue weighted by Crippen LogP contribution is -2.41. The molecule has 2 aromatic rings. The predicted octanol–water partition coefficient (Wildman–Crippen LogP) is 1.75. The molecule has 2 N–H and O–H groups in total. The van der Waals surface area contributed by atoms with E-state index in [1.165, 1.54) is 18.0 Å². The molecule has 2 aromatic carbocycles. The fourth-order valence-electron chi connectivity index (χ4n) is 3.17. The number of benzene rings is 2. The third-order valence-corrected chi connectivity index (χ3v) is 4.97. The molecule has 0 saturated carbocycles. The standard InChI is InChI=1S/C24H28N4O4/c1-27(24(31)17-25-22(29)12-7-19-5-3-2-4-6-19)18-23(30)26-20-8-10-21(11-9-20)28-13-15-32-16-14-28/h2-12H,13-18H2,1H3,(H,25,29)(H,26,30)/b12-7+. The quantitative estimate of drug-likeness (QED) is 0.616. The second kappa shape index (κ2) is 11.7. The predicted molar refractivity (Wildman–Crippen MR) is 124 cm³/mol. The second-order valence-corrected chi connectivity index (χ2v) is 7.41. The van der Waals surface area contributed by atoms with Crippen molar-refractivity contribution >= 4 is 35.2 Å². The lowest BCUT2D eigenvalue weighted by molar-refractivity contribution is -0.133. The fourth-order valence-corrected chi connectivity index (χ4v) is 3.17. The van der Waals surface area contributed by atoms with Crippen molar-refractivity contribution in [2.45, 2.75) is 0 Å². The number of carbonyl (C=O) groups is 3. The molecule has 0 radical (unpaired) electrons. The number of nitrogens with one attached hydrogen (secondary N) is 2. The number of hydrogen-bond donors (Lipinski definition) is 2. The van der Waals surface area contributed by atoms with Crippen LogP contribution in [0.3, 0.4) is 0 Å². The molecule has 8 heteroatoms. The molecule has 1 saturated heterocycles. The normalized spacial score (nSPS) is 13.6. The molecule has 168 valence electrons. The molecule has 3 rings (SSSR count). The van der Waals surface area contributed by atoms with E-state index in [1.807, 2.05) is 54.6 Å². The van der Waals surface area contributed by atoms with Crippen LogP contribution < -0.4 is 15.5 Å². The first-order valence-electron chi connectivity index (χ1n) is 10.5. The van der Waals surface area contributed by atoms with Gasteiger partial charge in [0.25, 0.3) is 0 Å². The highest BCUT2D eigenvalue weighted by Crippen LogP contribution is 2.19. The summed E-state index contributed by atoms with van der Waals surface area (Å²) in [4.78, 5) is 39.9. The summed E-state index contributed by atoms with van der Waals surface area (Å²) >= 11 is 0. The monoisotopic (exact) mass is 436 g/mol. The van der Waals surface area contributed by atoms with Crippen LogP contribution in [0.2, 0.25) is 0 Å². The van der Waals surface area contributed by atoms with E-state index in [0.29, 0.717) is 18.9 Å². The number of carbonyl (C=O) groups excluding carboxylic acids is 3. The number of amides is 3. The van der Waals surface area contributed by atoms with Gasteiger partial charge in [0.1, 0.15) is 0 Å². The van der Waals surface area contributed by atoms with Gasteiger partial charge in [-0.15, -0.1) is 0 Å². The molecule has 32 heavy (non-hydrogen) atoms. The van der Waals surface area contributed by atoms with Crippen molar-refractivity contribution < 1.29 is 19.1 Å². The molecule has 0 aromatic heterocycles. The molecule has 0 spiro atoms. The Kier molecular flexibility index (Phi) is 8.39. The molecule has 0 bridgehead atoms. The van der Waals surface area contributed by atoms with E-state index in [4.69, 9.17) is 4.74 Å². The molecule has 0 aliphatic carbocycles. The Hall–Kier alpha value is -3.65. The van der Waals surface area contributed by atoms with E-state index < -0.39 is 0 Å². The summed E-state index contributed by atoms with van der Waals surface area (Å²) in [7, 11) is 1.52. The number of nitrogens with zero attached hydrogens (tertiary/aromatic N) is 2. The first-order chi connectivity index (χ1) is 15.5. The van der Waals surface area contributed by atoms with Gasteiger partial charge in [-0.3, -0.25) is 14.4 Å². The number of rotatable bonds is 8. The average Bonchev–Trinajstić information content (AvgIpc) is 2.82. The van der Waals surface area contributed by atoms with Gasteiger partial charge in [0.05, 0.1) is 26.3 Å². The number of hydrogen-bond acceptors (Lipinski definition) is 5. The molecule has 0 unspecified atom stereocenters. The molecule has 1 aliphatic heterocycles. The van der Waals surface area contributed by atoms with Crippen molar-refractivity contribution in [2.24, 2.45) is 0 Å². The van der Waals surface area contributed by atoms with E-state index in [1.54, 1.807) is 6.08 Å². The highest BCUT2D eigenvalue weighted by Gasteiger charge is 2.14. The van der Waals surface area contributed by atoms with Gasteiger partial charge in [-0.05, 0) is 35.9 Å². The fraction of sp³-hybridized carbons (Fsp3) is 0.292. The van der Waals surface area contributed by atoms with Crippen molar-refractivity contribution in [3.05, 3.63) is 66.2 Å². The average molecular weight is 437 g/mol. The van der Waals surface area contributed by atoms with Crippen molar-refractivity contribution in [3.63, 3.8) is 0 Å². The lowest BCUT2D eigenvalue weighted by atomic mass is 10.2. The van der Waals surface area contributed by atoms with Gasteiger partial charge in [-0.25, -0.2) is 0 Å². The van der Waals surface area contributed by atoms with Gasteiger partial charge >= 0.3 is 0 Å². The van der Waals surface area contributed by atoms with Crippen LogP contribution in [0.15, 0.2) is 60.7 Å². The molecular formula is C24H28N4O4. The number of morpholine rings is 1. The van der Waals surface area contributed by atoms with Gasteiger partial charge in [-0.2, -0.15) is 0 Å². The van der Waals surface area contributed by atoms with E-state index in [-0.39, 0.29) is 30.8 Å². The number of ether oxygens (including phenoxy) is 1. The van der Waals surface area contributed by atoms with Gasteiger partial charge in [0, 0.05) is 37.6 Å². The second-order valence-electron chi connectivity index (χ2n) is 7.41. The minimum Gasteiger partial charge on any atom is -0.378 e. The zero-order chi connectivity index (χ0) is 22.8. The van der Waals surface area contributed by atoms with Crippen LogP contribution in [-0.4, -0.2) is 69.1 Å². The Morgan fingerprint density at radius 2 is 1.72 bits per heavy atom. The molecule has 1 fully saturated rings. The Balaban J connectivity index is 1.40. The van der Waals surface area contributed by atoms with E-state index >= 15 is 0 Å². The summed E-state index contributed by atoms with van der Waals surface area (Å²) in [5, 5.41) is 5.32. The van der Waals surface area contributed by atoms with Crippen LogP contribution >= 0.6 is 0 Å². The van der Waals surface area contributed by atoms with Crippen LogP contribution in [0.4, 0.5) is 11.4 Å². The largest absolute Gasteiger partial charge is 0.378 e. The summed E-state index contributed by atoms with van der Waals surface area (Å²) in [5.41, 5.74) is 2.63. The molecule has 3 amide bonds. The van der Waals surface area contributed by atoms with Crippen LogP contribution in [0, 0.1) is 0 Å². The molecule has 8 nitrogen and oxygen atoms in total. The van der Waals surface area contributed by atoms with Crippen molar-refractivity contribution in [3.8, 4) is 0 Å². The van der Waals surface area contributed by atoms with Gasteiger partial charge in [-0.1, -0.05) is 30.3 Å². The first-order valence-corrected chi connectivity index (χ1v) is 10.5. The molecule has 1 heterocycles. The van der Waals surface area contributed by atoms with Crippen molar-refractivity contribution in [1.82, 2.24) is 10.2 Å². The highest BCUT2D eigenvalue weighted by molar-refractivity contribution is 5.96. The molecule has 0 atom stereocenters. The first kappa shape index (κ1) is 23.0. The highest BCUT2D eigenvalue weighted by atomic mass is 16.5. The lowest BCUT2D eigenvalue weighted by Gasteiger charge is -2.28. The van der Waals surface area contributed by atoms with Gasteiger partial charge in [0.15, 0.2) is 0 Å². The topological polar surface area (TPSA) is 91.0 Å². The maximum Gasteiger partial charge on any atom is 0.244 e. The summed E-state index contributed by atoms with van der Waals surface area (Å²) in [6.45, 7) is 2.81. The zero-order valence-electron chi connectivity index (χ0n) is 18.1. The summed E-state index contributed by atoms with van der Waals surface area (Å²) < 4.78 is 5.36. The van der Waals surface area contributed by atoms with E-state index in [0.717, 1.165) is 24.3 Å². The molecular weight excluding hydrogens is 408 g/mol. The third kappa shape index (κ3) is 7.24. The van der Waals surface area contributed by atoms with Crippen LogP contribution in [0.1, 0.15) is 5.56 Å². The summed E-state index contributed by atoms with van der Waals surface area (Å²) in [6, 6.07) is 17.0. The van der Waals surface area contributed by atoms with Crippen LogP contribution in [0.5, 0.6) is 0 Å². The Bertz CT molecular complexity index is 938. The van der Waals surface area contributed by atoms with E-state index in [2.05, 4.69) is 15.5 Å². The number of anilines is 2. The van der Waals surface area contributed by atoms with E-state index in [9.17, 15) is 14.4 Å². The Morgan fingerprint density at radius 1 is 1.03 bits per heavy atom. The SMILES string of the molecule is CN(CC(=O)Nc1ccc(N2CCOCC2)cc1)C(=O)CNC(=O)/C=C/c1ccccc1.